The Balaban J connectivity index is 2.57. The molecule has 4 heteroatoms. The third-order valence-electron chi connectivity index (χ3n) is 4.31. The van der Waals surface area contributed by atoms with Crippen molar-refractivity contribution in [2.45, 2.75) is 79.4 Å². The van der Waals surface area contributed by atoms with Crippen molar-refractivity contribution < 1.29 is 19.1 Å². The van der Waals surface area contributed by atoms with Gasteiger partial charge in [0.1, 0.15) is 12.2 Å². The second kappa shape index (κ2) is 9.85. The molecular formula is C20H34O4. The van der Waals surface area contributed by atoms with Crippen LogP contribution in [0.2, 0.25) is 0 Å². The fourth-order valence-electron chi connectivity index (χ4n) is 2.76. The van der Waals surface area contributed by atoms with E-state index >= 15 is 0 Å². The summed E-state index contributed by atoms with van der Waals surface area (Å²) >= 11 is 0. The Morgan fingerprint density at radius 3 is 2.29 bits per heavy atom. The van der Waals surface area contributed by atoms with Crippen molar-refractivity contribution >= 4 is 11.9 Å². The van der Waals surface area contributed by atoms with Gasteiger partial charge in [0.25, 0.3) is 0 Å². The molecule has 138 valence electrons. The molecule has 4 nitrogen and oxygen atoms in total. The van der Waals surface area contributed by atoms with E-state index in [0.29, 0.717) is 31.1 Å². The van der Waals surface area contributed by atoms with Crippen LogP contribution in [0.4, 0.5) is 0 Å². The molecule has 0 aliphatic carbocycles. The molecule has 4 unspecified atom stereocenters. The minimum absolute atomic E-state index is 0.111. The average molecular weight is 338 g/mol. The zero-order valence-corrected chi connectivity index (χ0v) is 16.1. The summed E-state index contributed by atoms with van der Waals surface area (Å²) in [6.07, 6.45) is 6.59. The van der Waals surface area contributed by atoms with Crippen molar-refractivity contribution in [3.63, 3.8) is 0 Å². The summed E-state index contributed by atoms with van der Waals surface area (Å²) in [7, 11) is 0. The molecule has 1 fully saturated rings. The Labute approximate surface area is 147 Å². The van der Waals surface area contributed by atoms with Crippen molar-refractivity contribution in [2.75, 3.05) is 0 Å². The number of carbonyl (C=O) groups is 2. The molecule has 1 saturated heterocycles. The number of rotatable bonds is 9. The zero-order chi connectivity index (χ0) is 18.3. The molecule has 1 rings (SSSR count). The predicted molar refractivity (Wildman–Crippen MR) is 95.4 cm³/mol. The van der Waals surface area contributed by atoms with Gasteiger partial charge in [0, 0.05) is 6.42 Å². The second-order valence-corrected chi connectivity index (χ2v) is 7.95. The summed E-state index contributed by atoms with van der Waals surface area (Å²) in [5.41, 5.74) is 0. The predicted octanol–water partition coefficient (Wildman–Crippen LogP) is 4.52. The first kappa shape index (κ1) is 20.7. The molecule has 0 saturated carbocycles. The number of allylic oxidation sites excluding steroid dienone is 2. The van der Waals surface area contributed by atoms with E-state index in [0.717, 1.165) is 6.42 Å². The van der Waals surface area contributed by atoms with Crippen molar-refractivity contribution in [2.24, 2.45) is 23.7 Å². The van der Waals surface area contributed by atoms with Gasteiger partial charge in [0.05, 0.1) is 11.8 Å². The lowest BCUT2D eigenvalue weighted by Crippen LogP contribution is -2.34. The summed E-state index contributed by atoms with van der Waals surface area (Å²) < 4.78 is 11.1. The molecule has 0 amide bonds. The minimum Gasteiger partial charge on any atom is -0.458 e. The SMILES string of the molecule is CC(C)C/C=C\CC(C)C(=O)OC(CC(C)C)C1CC(C)C(=O)O1. The summed E-state index contributed by atoms with van der Waals surface area (Å²) in [5, 5.41) is 0. The quantitative estimate of drug-likeness (QED) is 0.458. The van der Waals surface area contributed by atoms with Crippen LogP contribution in [0.25, 0.3) is 0 Å². The van der Waals surface area contributed by atoms with Crippen LogP contribution in [0.5, 0.6) is 0 Å². The maximum atomic E-state index is 12.4. The maximum Gasteiger partial charge on any atom is 0.309 e. The molecule has 0 radical (unpaired) electrons. The van der Waals surface area contributed by atoms with Crippen LogP contribution in [-0.2, 0) is 19.1 Å². The summed E-state index contributed by atoms with van der Waals surface area (Å²) in [6, 6.07) is 0. The number of ether oxygens (including phenoxy) is 2. The van der Waals surface area contributed by atoms with E-state index in [2.05, 4.69) is 39.8 Å². The molecule has 0 bridgehead atoms. The van der Waals surface area contributed by atoms with Crippen molar-refractivity contribution in [1.29, 1.82) is 0 Å². The summed E-state index contributed by atoms with van der Waals surface area (Å²) in [5.74, 6) is 0.314. The van der Waals surface area contributed by atoms with Crippen LogP contribution in [0, 0.1) is 23.7 Å². The van der Waals surface area contributed by atoms with Gasteiger partial charge in [-0.15, -0.1) is 0 Å². The van der Waals surface area contributed by atoms with E-state index in [1.54, 1.807) is 0 Å². The number of carbonyl (C=O) groups excluding carboxylic acids is 2. The van der Waals surface area contributed by atoms with Crippen molar-refractivity contribution in [1.82, 2.24) is 0 Å². The van der Waals surface area contributed by atoms with Gasteiger partial charge in [-0.25, -0.2) is 0 Å². The van der Waals surface area contributed by atoms with E-state index in [-0.39, 0.29) is 36.0 Å². The average Bonchev–Trinajstić information content (AvgIpc) is 2.81. The highest BCUT2D eigenvalue weighted by Crippen LogP contribution is 2.28. The fraction of sp³-hybridized carbons (Fsp3) is 0.800. The van der Waals surface area contributed by atoms with Gasteiger partial charge < -0.3 is 9.47 Å². The first-order valence-electron chi connectivity index (χ1n) is 9.26. The molecule has 0 aromatic carbocycles. The molecule has 0 spiro atoms. The molecule has 24 heavy (non-hydrogen) atoms. The van der Waals surface area contributed by atoms with Crippen LogP contribution >= 0.6 is 0 Å². The smallest absolute Gasteiger partial charge is 0.309 e. The van der Waals surface area contributed by atoms with Crippen LogP contribution in [0.15, 0.2) is 12.2 Å². The lowest BCUT2D eigenvalue weighted by Gasteiger charge is -2.25. The normalized spacial score (nSPS) is 23.8. The van der Waals surface area contributed by atoms with Gasteiger partial charge in [-0.05, 0) is 31.1 Å². The largest absolute Gasteiger partial charge is 0.458 e. The highest BCUT2D eigenvalue weighted by Gasteiger charge is 2.38. The Hall–Kier alpha value is -1.32. The third kappa shape index (κ3) is 7.06. The molecular weight excluding hydrogens is 304 g/mol. The Bertz CT molecular complexity index is 439. The first-order chi connectivity index (χ1) is 11.2. The monoisotopic (exact) mass is 338 g/mol. The number of hydrogen-bond acceptors (Lipinski definition) is 4. The van der Waals surface area contributed by atoms with Crippen molar-refractivity contribution in [3.05, 3.63) is 12.2 Å². The van der Waals surface area contributed by atoms with Gasteiger partial charge in [0.15, 0.2) is 0 Å². The molecule has 0 N–H and O–H groups in total. The number of hydrogen-bond donors (Lipinski definition) is 0. The molecule has 0 aromatic rings. The second-order valence-electron chi connectivity index (χ2n) is 7.95. The minimum atomic E-state index is -0.339. The third-order valence-corrected chi connectivity index (χ3v) is 4.31. The van der Waals surface area contributed by atoms with Crippen LogP contribution in [-0.4, -0.2) is 24.1 Å². The lowest BCUT2D eigenvalue weighted by molar-refractivity contribution is -0.166. The van der Waals surface area contributed by atoms with Gasteiger partial charge >= 0.3 is 11.9 Å². The highest BCUT2D eigenvalue weighted by molar-refractivity contribution is 5.75. The van der Waals surface area contributed by atoms with Gasteiger partial charge in [0.2, 0.25) is 0 Å². The summed E-state index contributed by atoms with van der Waals surface area (Å²) in [6.45, 7) is 12.2. The highest BCUT2D eigenvalue weighted by atomic mass is 16.6. The number of esters is 2. The van der Waals surface area contributed by atoms with E-state index in [9.17, 15) is 9.59 Å². The van der Waals surface area contributed by atoms with E-state index in [4.69, 9.17) is 9.47 Å². The van der Waals surface area contributed by atoms with Crippen LogP contribution in [0.3, 0.4) is 0 Å². The molecule has 4 atom stereocenters. The molecule has 1 aliphatic rings. The molecule has 0 aromatic heterocycles. The topological polar surface area (TPSA) is 52.6 Å². The van der Waals surface area contributed by atoms with Crippen LogP contribution < -0.4 is 0 Å². The van der Waals surface area contributed by atoms with Gasteiger partial charge in [-0.1, -0.05) is 53.7 Å². The van der Waals surface area contributed by atoms with Crippen molar-refractivity contribution in [3.8, 4) is 0 Å². The Morgan fingerprint density at radius 1 is 1.17 bits per heavy atom. The standard InChI is InChI=1S/C20H34O4/c1-13(2)9-7-8-10-15(5)19(21)23-17(11-14(3)4)18-12-16(6)20(22)24-18/h7-8,13-18H,9-12H2,1-6H3/b8-7-. The van der Waals surface area contributed by atoms with Gasteiger partial charge in [-0.2, -0.15) is 0 Å². The van der Waals surface area contributed by atoms with E-state index < -0.39 is 0 Å². The fourth-order valence-corrected chi connectivity index (χ4v) is 2.76. The van der Waals surface area contributed by atoms with Crippen LogP contribution in [0.1, 0.15) is 67.2 Å². The first-order valence-corrected chi connectivity index (χ1v) is 9.26. The molecule has 1 heterocycles. The number of cyclic esters (lactones) is 1. The van der Waals surface area contributed by atoms with E-state index in [1.807, 2.05) is 13.8 Å². The molecule has 1 aliphatic heterocycles. The zero-order valence-electron chi connectivity index (χ0n) is 16.1. The summed E-state index contributed by atoms with van der Waals surface area (Å²) in [4.78, 5) is 24.0. The maximum absolute atomic E-state index is 12.4. The van der Waals surface area contributed by atoms with Gasteiger partial charge in [-0.3, -0.25) is 9.59 Å². The Morgan fingerprint density at radius 2 is 1.79 bits per heavy atom. The lowest BCUT2D eigenvalue weighted by atomic mass is 9.97. The van der Waals surface area contributed by atoms with E-state index in [1.165, 1.54) is 0 Å². The Kier molecular flexibility index (Phi) is 8.51.